The van der Waals surface area contributed by atoms with E-state index in [2.05, 4.69) is 20.9 Å². The molecule has 0 spiro atoms. The monoisotopic (exact) mass is 380 g/mol. The average molecular weight is 380 g/mol. The van der Waals surface area contributed by atoms with Crippen molar-refractivity contribution in [1.82, 2.24) is 10.3 Å². The summed E-state index contributed by atoms with van der Waals surface area (Å²) in [5, 5.41) is 8.83. The van der Waals surface area contributed by atoms with Crippen LogP contribution in [0.15, 0.2) is 48.5 Å². The van der Waals surface area contributed by atoms with Gasteiger partial charge in [-0.3, -0.25) is 9.78 Å². The molecule has 3 N–H and O–H groups in total. The number of anilines is 2. The van der Waals surface area contributed by atoms with E-state index in [-0.39, 0.29) is 18.0 Å². The first-order valence-corrected chi connectivity index (χ1v) is 8.88. The minimum Gasteiger partial charge on any atom is -0.336 e. The molecule has 1 heterocycles. The molecule has 3 rings (SSSR count). The first-order valence-electron chi connectivity index (χ1n) is 8.88. The maximum absolute atomic E-state index is 13.5. The second-order valence-corrected chi connectivity index (χ2v) is 6.73. The number of nitrogens with one attached hydrogen (secondary N) is 3. The molecular weight excluding hydrogens is 359 g/mol. The van der Waals surface area contributed by atoms with Crippen LogP contribution in [-0.4, -0.2) is 23.0 Å². The van der Waals surface area contributed by atoms with Gasteiger partial charge in [0.1, 0.15) is 5.82 Å². The number of rotatable bonds is 4. The second kappa shape index (κ2) is 8.04. The van der Waals surface area contributed by atoms with E-state index in [1.165, 1.54) is 18.2 Å². The number of aromatic nitrogens is 1. The maximum Gasteiger partial charge on any atom is 0.319 e. The molecule has 6 nitrogen and oxygen atoms in total. The molecule has 0 atom stereocenters. The van der Waals surface area contributed by atoms with Crippen molar-refractivity contribution in [2.75, 3.05) is 10.6 Å². The Bertz CT molecular complexity index is 1040. The number of fused-ring (bicyclic) bond motifs is 1. The van der Waals surface area contributed by atoms with Gasteiger partial charge in [-0.15, -0.1) is 0 Å². The van der Waals surface area contributed by atoms with Crippen LogP contribution in [-0.2, 0) is 0 Å². The lowest BCUT2D eigenvalue weighted by molar-refractivity contribution is 0.102. The molecule has 3 amide bonds. The van der Waals surface area contributed by atoms with Crippen LogP contribution < -0.4 is 16.0 Å². The van der Waals surface area contributed by atoms with Crippen molar-refractivity contribution in [3.05, 3.63) is 65.6 Å². The Balaban J connectivity index is 1.90. The number of carbonyl (C=O) groups is 2. The normalized spacial score (nSPS) is 10.8. The van der Waals surface area contributed by atoms with Gasteiger partial charge in [-0.25, -0.2) is 9.18 Å². The maximum atomic E-state index is 13.5. The van der Waals surface area contributed by atoms with Gasteiger partial charge in [-0.05, 0) is 51.1 Å². The third kappa shape index (κ3) is 4.43. The van der Waals surface area contributed by atoms with Crippen LogP contribution in [0, 0.1) is 12.7 Å². The predicted octanol–water partition coefficient (Wildman–Crippen LogP) is 4.46. The minimum atomic E-state index is -0.414. The Hall–Kier alpha value is -3.48. The summed E-state index contributed by atoms with van der Waals surface area (Å²) in [4.78, 5) is 29.2. The zero-order valence-corrected chi connectivity index (χ0v) is 15.8. The standard InChI is InChI=1S/C21H21FN4O2/c1-12(2)23-21(28)26-18-7-5-4-6-17(18)25-20(27)16-10-13(3)24-19-11-14(22)8-9-15(16)19/h4-12H,1-3H3,(H,25,27)(H2,23,26,28). The number of nitrogens with zero attached hydrogens (tertiary/aromatic N) is 1. The van der Waals surface area contributed by atoms with Crippen LogP contribution in [0.5, 0.6) is 0 Å². The number of halogens is 1. The molecule has 0 bridgehead atoms. The summed E-state index contributed by atoms with van der Waals surface area (Å²) in [6.07, 6.45) is 0. The molecule has 1 aromatic heterocycles. The van der Waals surface area contributed by atoms with E-state index in [1.807, 2.05) is 13.8 Å². The number of hydrogen-bond donors (Lipinski definition) is 3. The molecule has 2 aromatic carbocycles. The third-order valence-corrected chi connectivity index (χ3v) is 3.99. The number of benzene rings is 2. The molecule has 0 aliphatic carbocycles. The van der Waals surface area contributed by atoms with Crippen LogP contribution in [0.25, 0.3) is 10.9 Å². The quantitative estimate of drug-likeness (QED) is 0.625. The topological polar surface area (TPSA) is 83.1 Å². The molecule has 0 saturated heterocycles. The lowest BCUT2D eigenvalue weighted by Crippen LogP contribution is -2.34. The fourth-order valence-corrected chi connectivity index (χ4v) is 2.83. The highest BCUT2D eigenvalue weighted by atomic mass is 19.1. The van der Waals surface area contributed by atoms with Gasteiger partial charge in [0.2, 0.25) is 0 Å². The Morgan fingerprint density at radius 1 is 1.00 bits per heavy atom. The summed E-state index contributed by atoms with van der Waals surface area (Å²) in [6.45, 7) is 5.45. The number of carbonyl (C=O) groups excluding carboxylic acids is 2. The molecule has 7 heteroatoms. The minimum absolute atomic E-state index is 0.0201. The van der Waals surface area contributed by atoms with Crippen LogP contribution in [0.4, 0.5) is 20.6 Å². The molecular formula is C21H21FN4O2. The van der Waals surface area contributed by atoms with Gasteiger partial charge in [-0.1, -0.05) is 12.1 Å². The van der Waals surface area contributed by atoms with Crippen molar-refractivity contribution in [1.29, 1.82) is 0 Å². The summed E-state index contributed by atoms with van der Waals surface area (Å²) in [7, 11) is 0. The number of pyridine rings is 1. The van der Waals surface area contributed by atoms with Gasteiger partial charge in [0.25, 0.3) is 5.91 Å². The van der Waals surface area contributed by atoms with Crippen molar-refractivity contribution < 1.29 is 14.0 Å². The number of urea groups is 1. The van der Waals surface area contributed by atoms with Crippen LogP contribution >= 0.6 is 0 Å². The summed E-state index contributed by atoms with van der Waals surface area (Å²) in [5.41, 5.74) is 2.31. The average Bonchev–Trinajstić information content (AvgIpc) is 2.61. The van der Waals surface area contributed by atoms with Gasteiger partial charge in [0.15, 0.2) is 0 Å². The Morgan fingerprint density at radius 2 is 1.68 bits per heavy atom. The van der Waals surface area contributed by atoms with Crippen molar-refractivity contribution in [3.8, 4) is 0 Å². The molecule has 0 saturated carbocycles. The van der Waals surface area contributed by atoms with E-state index in [0.717, 1.165) is 0 Å². The number of para-hydroxylation sites is 2. The van der Waals surface area contributed by atoms with Crippen molar-refractivity contribution in [3.63, 3.8) is 0 Å². The number of hydrogen-bond acceptors (Lipinski definition) is 3. The molecule has 0 unspecified atom stereocenters. The van der Waals surface area contributed by atoms with Crippen molar-refractivity contribution in [2.24, 2.45) is 0 Å². The fraction of sp³-hybridized carbons (Fsp3) is 0.190. The summed E-state index contributed by atoms with van der Waals surface area (Å²) >= 11 is 0. The Labute approximate surface area is 162 Å². The number of amides is 3. The molecule has 3 aromatic rings. The number of aryl methyl sites for hydroxylation is 1. The summed E-state index contributed by atoms with van der Waals surface area (Å²) in [6, 6.07) is 12.3. The van der Waals surface area contributed by atoms with Crippen LogP contribution in [0.2, 0.25) is 0 Å². The molecule has 144 valence electrons. The van der Waals surface area contributed by atoms with Gasteiger partial charge in [0, 0.05) is 23.2 Å². The predicted molar refractivity (Wildman–Crippen MR) is 108 cm³/mol. The molecule has 0 radical (unpaired) electrons. The van der Waals surface area contributed by atoms with E-state index in [9.17, 15) is 14.0 Å². The zero-order chi connectivity index (χ0) is 20.3. The van der Waals surface area contributed by atoms with Crippen LogP contribution in [0.1, 0.15) is 29.9 Å². The first-order chi connectivity index (χ1) is 13.3. The van der Waals surface area contributed by atoms with E-state index in [1.54, 1.807) is 37.3 Å². The van der Waals surface area contributed by atoms with Crippen LogP contribution in [0.3, 0.4) is 0 Å². The molecule has 28 heavy (non-hydrogen) atoms. The molecule has 0 aliphatic heterocycles. The zero-order valence-electron chi connectivity index (χ0n) is 15.8. The van der Waals surface area contributed by atoms with E-state index in [4.69, 9.17) is 0 Å². The largest absolute Gasteiger partial charge is 0.336 e. The highest BCUT2D eigenvalue weighted by Gasteiger charge is 2.15. The van der Waals surface area contributed by atoms with Crippen molar-refractivity contribution >= 4 is 34.2 Å². The molecule has 0 aliphatic rings. The lowest BCUT2D eigenvalue weighted by atomic mass is 10.1. The highest BCUT2D eigenvalue weighted by Crippen LogP contribution is 2.24. The van der Waals surface area contributed by atoms with Gasteiger partial charge in [0.05, 0.1) is 22.5 Å². The first kappa shape index (κ1) is 19.3. The highest BCUT2D eigenvalue weighted by molar-refractivity contribution is 6.13. The smallest absolute Gasteiger partial charge is 0.319 e. The fourth-order valence-electron chi connectivity index (χ4n) is 2.83. The van der Waals surface area contributed by atoms with Gasteiger partial charge < -0.3 is 16.0 Å². The van der Waals surface area contributed by atoms with E-state index < -0.39 is 5.82 Å². The van der Waals surface area contributed by atoms with E-state index in [0.29, 0.717) is 33.5 Å². The summed E-state index contributed by atoms with van der Waals surface area (Å²) in [5.74, 6) is -0.789. The van der Waals surface area contributed by atoms with Gasteiger partial charge >= 0.3 is 6.03 Å². The lowest BCUT2D eigenvalue weighted by Gasteiger charge is -2.15. The van der Waals surface area contributed by atoms with Crippen molar-refractivity contribution in [2.45, 2.75) is 26.8 Å². The third-order valence-electron chi connectivity index (χ3n) is 3.99. The Kier molecular flexibility index (Phi) is 5.54. The second-order valence-electron chi connectivity index (χ2n) is 6.73. The Morgan fingerprint density at radius 3 is 2.36 bits per heavy atom. The van der Waals surface area contributed by atoms with E-state index >= 15 is 0 Å². The summed E-state index contributed by atoms with van der Waals surface area (Å²) < 4.78 is 13.5. The SMILES string of the molecule is Cc1cc(C(=O)Nc2ccccc2NC(=O)NC(C)C)c2ccc(F)cc2n1. The van der Waals surface area contributed by atoms with Gasteiger partial charge in [-0.2, -0.15) is 0 Å². The molecule has 0 fully saturated rings.